The second-order valence-electron chi connectivity index (χ2n) is 5.79. The van der Waals surface area contributed by atoms with Crippen molar-refractivity contribution in [1.82, 2.24) is 15.2 Å². The highest BCUT2D eigenvalue weighted by Gasteiger charge is 2.13. The Bertz CT molecular complexity index is 595. The summed E-state index contributed by atoms with van der Waals surface area (Å²) in [6.07, 6.45) is 3.87. The Labute approximate surface area is 135 Å². The average Bonchev–Trinajstić information content (AvgIpc) is 2.84. The van der Waals surface area contributed by atoms with Gasteiger partial charge < -0.3 is 5.32 Å². The summed E-state index contributed by atoms with van der Waals surface area (Å²) >= 11 is 7.62. The first-order chi connectivity index (χ1) is 9.95. The van der Waals surface area contributed by atoms with E-state index in [9.17, 15) is 0 Å². The smallest absolute Gasteiger partial charge is 0.151 e. The lowest BCUT2D eigenvalue weighted by Crippen LogP contribution is -2.10. The molecule has 0 unspecified atom stereocenters. The molecule has 2 heterocycles. The number of halogens is 1. The van der Waals surface area contributed by atoms with Crippen molar-refractivity contribution in [3.63, 3.8) is 0 Å². The van der Waals surface area contributed by atoms with Gasteiger partial charge in [0.1, 0.15) is 10.2 Å². The van der Waals surface area contributed by atoms with Crippen molar-refractivity contribution in [3.05, 3.63) is 22.4 Å². The highest BCUT2D eigenvalue weighted by molar-refractivity contribution is 7.14. The van der Waals surface area contributed by atoms with Crippen LogP contribution in [0.25, 0.3) is 10.6 Å². The quantitative estimate of drug-likeness (QED) is 0.785. The van der Waals surface area contributed by atoms with Gasteiger partial charge >= 0.3 is 0 Å². The van der Waals surface area contributed by atoms with E-state index in [1.807, 2.05) is 6.07 Å². The monoisotopic (exact) mass is 324 g/mol. The molecule has 0 aliphatic carbocycles. The summed E-state index contributed by atoms with van der Waals surface area (Å²) in [5.74, 6) is 0.674. The number of hydrogen-bond acceptors (Lipinski definition) is 5. The van der Waals surface area contributed by atoms with Crippen LogP contribution in [0.2, 0.25) is 5.15 Å². The summed E-state index contributed by atoms with van der Waals surface area (Å²) in [6.45, 7) is 8.62. The number of nitrogens with one attached hydrogen (secondary N) is 1. The predicted molar refractivity (Wildman–Crippen MR) is 90.1 cm³/mol. The van der Waals surface area contributed by atoms with Crippen LogP contribution >= 0.6 is 22.9 Å². The molecule has 0 spiro atoms. The number of hydrogen-bond donors (Lipinski definition) is 1. The van der Waals surface area contributed by atoms with Crippen LogP contribution in [0.5, 0.6) is 0 Å². The Morgan fingerprint density at radius 1 is 1.24 bits per heavy atom. The third-order valence-corrected chi connectivity index (χ3v) is 4.17. The Morgan fingerprint density at radius 3 is 2.67 bits per heavy atom. The fraction of sp³-hybridized carbons (Fsp3) is 0.533. The highest BCUT2D eigenvalue weighted by Crippen LogP contribution is 2.32. The first kappa shape index (κ1) is 16.2. The van der Waals surface area contributed by atoms with Crippen molar-refractivity contribution < 1.29 is 0 Å². The molecule has 0 bridgehead atoms. The van der Waals surface area contributed by atoms with Gasteiger partial charge in [0.25, 0.3) is 0 Å². The van der Waals surface area contributed by atoms with Crippen molar-refractivity contribution in [3.8, 4) is 10.6 Å². The van der Waals surface area contributed by atoms with Gasteiger partial charge in [-0.15, -0.1) is 10.2 Å². The topological polar surface area (TPSA) is 50.7 Å². The van der Waals surface area contributed by atoms with Crippen LogP contribution in [0.3, 0.4) is 0 Å². The van der Waals surface area contributed by atoms with E-state index < -0.39 is 0 Å². The fourth-order valence-corrected chi connectivity index (χ4v) is 2.94. The van der Waals surface area contributed by atoms with Crippen LogP contribution in [-0.2, 0) is 6.42 Å². The summed E-state index contributed by atoms with van der Waals surface area (Å²) in [4.78, 5) is 4.17. The van der Waals surface area contributed by atoms with Crippen LogP contribution in [0, 0.1) is 5.92 Å². The molecule has 2 aromatic rings. The first-order valence-corrected chi connectivity index (χ1v) is 8.40. The zero-order chi connectivity index (χ0) is 15.4. The summed E-state index contributed by atoms with van der Waals surface area (Å²) in [5.41, 5.74) is 1.91. The lowest BCUT2D eigenvalue weighted by Gasteiger charge is -2.13. The zero-order valence-electron chi connectivity index (χ0n) is 12.9. The van der Waals surface area contributed by atoms with Crippen molar-refractivity contribution in [2.75, 3.05) is 5.32 Å². The standard InChI is InChI=1S/C15H21ClN4S/c1-9(2)5-6-14-19-20-15(21-14)11-8-17-13(16)7-12(11)18-10(3)4/h7-10H,5-6H2,1-4H3,(H,17,18). The number of pyridine rings is 1. The number of aromatic nitrogens is 3. The van der Waals surface area contributed by atoms with E-state index >= 15 is 0 Å². The minimum Gasteiger partial charge on any atom is -0.382 e. The Balaban J connectivity index is 2.25. The molecule has 0 saturated heterocycles. The highest BCUT2D eigenvalue weighted by atomic mass is 35.5. The SMILES string of the molecule is CC(C)CCc1nnc(-c2cnc(Cl)cc2NC(C)C)s1. The molecule has 6 heteroatoms. The average molecular weight is 325 g/mol. The van der Waals surface area contributed by atoms with Crippen molar-refractivity contribution in [2.45, 2.75) is 46.6 Å². The Morgan fingerprint density at radius 2 is 2.00 bits per heavy atom. The molecule has 4 nitrogen and oxygen atoms in total. The normalized spacial score (nSPS) is 11.4. The van der Waals surface area contributed by atoms with Gasteiger partial charge in [0.2, 0.25) is 0 Å². The van der Waals surface area contributed by atoms with Gasteiger partial charge in [0.15, 0.2) is 5.01 Å². The van der Waals surface area contributed by atoms with E-state index in [2.05, 4.69) is 48.2 Å². The van der Waals surface area contributed by atoms with E-state index in [1.165, 1.54) is 0 Å². The first-order valence-electron chi connectivity index (χ1n) is 7.20. The minimum absolute atomic E-state index is 0.315. The molecule has 21 heavy (non-hydrogen) atoms. The van der Waals surface area contributed by atoms with Gasteiger partial charge in [-0.2, -0.15) is 0 Å². The van der Waals surface area contributed by atoms with E-state index in [0.29, 0.717) is 17.1 Å². The second-order valence-corrected chi connectivity index (χ2v) is 7.23. The summed E-state index contributed by atoms with van der Waals surface area (Å²) in [7, 11) is 0. The molecular formula is C15H21ClN4S. The van der Waals surface area contributed by atoms with Gasteiger partial charge in [0.05, 0.1) is 5.56 Å². The molecule has 0 radical (unpaired) electrons. The van der Waals surface area contributed by atoms with Crippen LogP contribution in [-0.4, -0.2) is 21.2 Å². The molecule has 0 fully saturated rings. The number of nitrogens with zero attached hydrogens (tertiary/aromatic N) is 3. The lowest BCUT2D eigenvalue weighted by atomic mass is 10.1. The maximum atomic E-state index is 5.99. The number of rotatable bonds is 6. The third kappa shape index (κ3) is 4.64. The third-order valence-electron chi connectivity index (χ3n) is 2.95. The van der Waals surface area contributed by atoms with E-state index in [-0.39, 0.29) is 0 Å². The maximum absolute atomic E-state index is 5.99. The van der Waals surface area contributed by atoms with Crippen LogP contribution in [0.15, 0.2) is 12.3 Å². The number of anilines is 1. The molecule has 114 valence electrons. The van der Waals surface area contributed by atoms with Crippen LogP contribution in [0.1, 0.15) is 39.1 Å². The molecule has 0 saturated carbocycles. The van der Waals surface area contributed by atoms with Crippen molar-refractivity contribution in [2.24, 2.45) is 5.92 Å². The van der Waals surface area contributed by atoms with Gasteiger partial charge in [-0.05, 0) is 32.3 Å². The molecule has 0 aromatic carbocycles. The molecule has 0 aliphatic heterocycles. The molecule has 0 amide bonds. The van der Waals surface area contributed by atoms with E-state index in [0.717, 1.165) is 34.1 Å². The minimum atomic E-state index is 0.315. The maximum Gasteiger partial charge on any atom is 0.151 e. The van der Waals surface area contributed by atoms with Crippen molar-refractivity contribution >= 4 is 28.6 Å². The molecule has 0 aliphatic rings. The number of aryl methyl sites for hydroxylation is 1. The zero-order valence-corrected chi connectivity index (χ0v) is 14.4. The van der Waals surface area contributed by atoms with Gasteiger partial charge in [0, 0.05) is 24.3 Å². The fourth-order valence-electron chi connectivity index (χ4n) is 1.91. The van der Waals surface area contributed by atoms with Crippen LogP contribution < -0.4 is 5.32 Å². The molecule has 0 atom stereocenters. The predicted octanol–water partition coefficient (Wildman–Crippen LogP) is 4.66. The largest absolute Gasteiger partial charge is 0.382 e. The molecule has 2 aromatic heterocycles. The summed E-state index contributed by atoms with van der Waals surface area (Å²) in [6, 6.07) is 2.15. The molecule has 1 N–H and O–H groups in total. The Hall–Kier alpha value is -1.20. The van der Waals surface area contributed by atoms with E-state index in [1.54, 1.807) is 17.5 Å². The van der Waals surface area contributed by atoms with Gasteiger partial charge in [-0.1, -0.05) is 36.8 Å². The van der Waals surface area contributed by atoms with Gasteiger partial charge in [-0.3, -0.25) is 0 Å². The van der Waals surface area contributed by atoms with Crippen molar-refractivity contribution in [1.29, 1.82) is 0 Å². The summed E-state index contributed by atoms with van der Waals surface area (Å²) in [5, 5.41) is 14.4. The van der Waals surface area contributed by atoms with Gasteiger partial charge in [-0.25, -0.2) is 4.98 Å². The van der Waals surface area contributed by atoms with E-state index in [4.69, 9.17) is 11.6 Å². The summed E-state index contributed by atoms with van der Waals surface area (Å²) < 4.78 is 0. The second kappa shape index (κ2) is 7.18. The van der Waals surface area contributed by atoms with Crippen LogP contribution in [0.4, 0.5) is 5.69 Å². The lowest BCUT2D eigenvalue weighted by molar-refractivity contribution is 0.584. The Kier molecular flexibility index (Phi) is 5.53. The molecular weight excluding hydrogens is 304 g/mol. The molecule has 2 rings (SSSR count).